The molecule has 0 saturated carbocycles. The third-order valence-electron chi connectivity index (χ3n) is 2.73. The lowest BCUT2D eigenvalue weighted by Gasteiger charge is -2.08. The van der Waals surface area contributed by atoms with Gasteiger partial charge in [-0.15, -0.1) is 0 Å². The molecule has 2 rings (SSSR count). The molecule has 0 aromatic heterocycles. The molecule has 0 amide bonds. The van der Waals surface area contributed by atoms with Gasteiger partial charge in [0.25, 0.3) is 0 Å². The topological polar surface area (TPSA) is 37.3 Å². The van der Waals surface area contributed by atoms with Crippen LogP contribution >= 0.6 is 11.6 Å². The van der Waals surface area contributed by atoms with Crippen molar-refractivity contribution in [3.63, 3.8) is 0 Å². The van der Waals surface area contributed by atoms with Crippen molar-refractivity contribution >= 4 is 17.6 Å². The summed E-state index contributed by atoms with van der Waals surface area (Å²) >= 11 is 5.88. The molecule has 0 spiro atoms. The van der Waals surface area contributed by atoms with Gasteiger partial charge in [-0.1, -0.05) is 17.7 Å². The molecule has 0 radical (unpaired) electrons. The van der Waals surface area contributed by atoms with Crippen LogP contribution in [0.1, 0.15) is 29.9 Å². The van der Waals surface area contributed by atoms with Crippen molar-refractivity contribution in [2.45, 2.75) is 25.2 Å². The molecule has 1 unspecified atom stereocenters. The predicted octanol–water partition coefficient (Wildman–Crippen LogP) is 2.84. The first-order valence-electron chi connectivity index (χ1n) is 4.67. The van der Waals surface area contributed by atoms with E-state index in [1.807, 2.05) is 18.2 Å². The minimum Gasteiger partial charge on any atom is -0.481 e. The van der Waals surface area contributed by atoms with Crippen molar-refractivity contribution in [1.29, 1.82) is 0 Å². The van der Waals surface area contributed by atoms with Gasteiger partial charge in [0.15, 0.2) is 0 Å². The molecule has 1 aromatic carbocycles. The fraction of sp³-hybridized carbons (Fsp3) is 0.364. The Morgan fingerprint density at radius 3 is 3.07 bits per heavy atom. The molecule has 1 N–H and O–H groups in total. The maximum atomic E-state index is 10.6. The Balaban J connectivity index is 2.28. The van der Waals surface area contributed by atoms with Crippen molar-refractivity contribution in [2.24, 2.45) is 0 Å². The first-order valence-corrected chi connectivity index (χ1v) is 5.04. The van der Waals surface area contributed by atoms with Crippen molar-refractivity contribution in [3.05, 3.63) is 34.3 Å². The van der Waals surface area contributed by atoms with Gasteiger partial charge in [0.1, 0.15) is 0 Å². The molecule has 1 aromatic rings. The van der Waals surface area contributed by atoms with E-state index >= 15 is 0 Å². The van der Waals surface area contributed by atoms with Gasteiger partial charge in [0, 0.05) is 5.02 Å². The van der Waals surface area contributed by atoms with Crippen LogP contribution in [-0.2, 0) is 11.2 Å². The second-order valence-electron chi connectivity index (χ2n) is 3.68. The monoisotopic (exact) mass is 210 g/mol. The van der Waals surface area contributed by atoms with Gasteiger partial charge in [-0.2, -0.15) is 0 Å². The number of rotatable bonds is 2. The fourth-order valence-corrected chi connectivity index (χ4v) is 2.26. The number of carbonyl (C=O) groups is 1. The number of hydrogen-bond donors (Lipinski definition) is 1. The van der Waals surface area contributed by atoms with E-state index in [0.717, 1.165) is 18.4 Å². The number of carboxylic acids is 1. The van der Waals surface area contributed by atoms with Crippen LogP contribution in [0.3, 0.4) is 0 Å². The highest BCUT2D eigenvalue weighted by molar-refractivity contribution is 6.30. The van der Waals surface area contributed by atoms with Crippen LogP contribution in [0, 0.1) is 0 Å². The molecule has 0 bridgehead atoms. The first kappa shape index (κ1) is 9.53. The summed E-state index contributed by atoms with van der Waals surface area (Å²) in [6.07, 6.45) is 2.12. The van der Waals surface area contributed by atoms with Gasteiger partial charge in [0.05, 0.1) is 6.42 Å². The zero-order chi connectivity index (χ0) is 10.1. The Morgan fingerprint density at radius 1 is 1.57 bits per heavy atom. The standard InChI is InChI=1S/C11H11ClO2/c12-9-4-3-7-1-2-8(5-11(13)14)10(7)6-9/h3-4,6,8H,1-2,5H2,(H,13,14). The number of benzene rings is 1. The fourth-order valence-electron chi connectivity index (χ4n) is 2.08. The van der Waals surface area contributed by atoms with E-state index in [0.29, 0.717) is 5.02 Å². The lowest BCUT2D eigenvalue weighted by Crippen LogP contribution is -2.02. The van der Waals surface area contributed by atoms with E-state index in [-0.39, 0.29) is 12.3 Å². The summed E-state index contributed by atoms with van der Waals surface area (Å²) in [6, 6.07) is 5.76. The molecule has 0 saturated heterocycles. The molecule has 1 atom stereocenters. The van der Waals surface area contributed by atoms with Crippen LogP contribution in [0.2, 0.25) is 5.02 Å². The zero-order valence-electron chi connectivity index (χ0n) is 7.66. The minimum absolute atomic E-state index is 0.154. The van der Waals surface area contributed by atoms with E-state index in [4.69, 9.17) is 16.7 Å². The Morgan fingerprint density at radius 2 is 2.36 bits per heavy atom. The van der Waals surface area contributed by atoms with Gasteiger partial charge in [-0.3, -0.25) is 4.79 Å². The Bertz CT molecular complexity index is 374. The molecule has 1 aliphatic rings. The summed E-state index contributed by atoms with van der Waals surface area (Å²) in [5, 5.41) is 9.43. The van der Waals surface area contributed by atoms with Gasteiger partial charge in [-0.25, -0.2) is 0 Å². The summed E-state index contributed by atoms with van der Waals surface area (Å²) in [7, 11) is 0. The average molecular weight is 211 g/mol. The summed E-state index contributed by atoms with van der Waals surface area (Å²) in [5.74, 6) is -0.580. The second-order valence-corrected chi connectivity index (χ2v) is 4.11. The second kappa shape index (κ2) is 3.62. The normalized spacial score (nSPS) is 19.4. The SMILES string of the molecule is O=C(O)CC1CCc2ccc(Cl)cc21. The third kappa shape index (κ3) is 1.75. The maximum Gasteiger partial charge on any atom is 0.303 e. The van der Waals surface area contributed by atoms with Crippen molar-refractivity contribution in [3.8, 4) is 0 Å². The van der Waals surface area contributed by atoms with E-state index < -0.39 is 5.97 Å². The molecule has 0 aliphatic heterocycles. The molecular weight excluding hydrogens is 200 g/mol. The molecule has 74 valence electrons. The van der Waals surface area contributed by atoms with E-state index in [1.165, 1.54) is 5.56 Å². The van der Waals surface area contributed by atoms with Gasteiger partial charge in [0.2, 0.25) is 0 Å². The molecule has 0 fully saturated rings. The van der Waals surface area contributed by atoms with E-state index in [2.05, 4.69) is 0 Å². The smallest absolute Gasteiger partial charge is 0.303 e. The summed E-state index contributed by atoms with van der Waals surface area (Å²) in [4.78, 5) is 10.6. The van der Waals surface area contributed by atoms with Crippen LogP contribution in [0.4, 0.5) is 0 Å². The number of carboxylic acid groups (broad SMARTS) is 1. The number of aryl methyl sites for hydroxylation is 1. The van der Waals surface area contributed by atoms with Crippen LogP contribution < -0.4 is 0 Å². The molecule has 0 heterocycles. The highest BCUT2D eigenvalue weighted by atomic mass is 35.5. The molecule has 3 heteroatoms. The van der Waals surface area contributed by atoms with E-state index in [9.17, 15) is 4.79 Å². The number of aliphatic carboxylic acids is 1. The molecule has 14 heavy (non-hydrogen) atoms. The maximum absolute atomic E-state index is 10.6. The third-order valence-corrected chi connectivity index (χ3v) is 2.97. The van der Waals surface area contributed by atoms with Crippen LogP contribution in [-0.4, -0.2) is 11.1 Å². The lowest BCUT2D eigenvalue weighted by atomic mass is 9.98. The Hall–Kier alpha value is -1.02. The van der Waals surface area contributed by atoms with Crippen LogP contribution in [0.25, 0.3) is 0 Å². The zero-order valence-corrected chi connectivity index (χ0v) is 8.42. The molecule has 2 nitrogen and oxygen atoms in total. The molecule has 1 aliphatic carbocycles. The lowest BCUT2D eigenvalue weighted by molar-refractivity contribution is -0.137. The minimum atomic E-state index is -0.733. The highest BCUT2D eigenvalue weighted by Gasteiger charge is 2.24. The number of fused-ring (bicyclic) bond motifs is 1. The number of hydrogen-bond acceptors (Lipinski definition) is 1. The summed E-state index contributed by atoms with van der Waals surface area (Å²) in [5.41, 5.74) is 2.38. The highest BCUT2D eigenvalue weighted by Crippen LogP contribution is 2.36. The quantitative estimate of drug-likeness (QED) is 0.815. The number of halogens is 1. The molecular formula is C11H11ClO2. The first-order chi connectivity index (χ1) is 6.66. The summed E-state index contributed by atoms with van der Waals surface area (Å²) < 4.78 is 0. The van der Waals surface area contributed by atoms with E-state index in [1.54, 1.807) is 0 Å². The van der Waals surface area contributed by atoms with Gasteiger partial charge < -0.3 is 5.11 Å². The van der Waals surface area contributed by atoms with Crippen molar-refractivity contribution in [1.82, 2.24) is 0 Å². The Labute approximate surface area is 87.5 Å². The van der Waals surface area contributed by atoms with Crippen LogP contribution in [0.15, 0.2) is 18.2 Å². The summed E-state index contributed by atoms with van der Waals surface area (Å²) in [6.45, 7) is 0. The van der Waals surface area contributed by atoms with Crippen molar-refractivity contribution < 1.29 is 9.90 Å². The Kier molecular flexibility index (Phi) is 2.46. The van der Waals surface area contributed by atoms with Gasteiger partial charge >= 0.3 is 5.97 Å². The predicted molar refractivity (Wildman–Crippen MR) is 54.8 cm³/mol. The largest absolute Gasteiger partial charge is 0.481 e. The van der Waals surface area contributed by atoms with Crippen molar-refractivity contribution in [2.75, 3.05) is 0 Å². The van der Waals surface area contributed by atoms with Crippen LogP contribution in [0.5, 0.6) is 0 Å². The average Bonchev–Trinajstić information content (AvgIpc) is 2.47. The van der Waals surface area contributed by atoms with Gasteiger partial charge in [-0.05, 0) is 42.0 Å².